The van der Waals surface area contributed by atoms with Gasteiger partial charge < -0.3 is 15.5 Å². The fraction of sp³-hybridized carbons (Fsp3) is 0.522. The number of alkyl halides is 1. The second kappa shape index (κ2) is 9.44. The lowest BCUT2D eigenvalue weighted by atomic mass is 9.86. The zero-order chi connectivity index (χ0) is 22.8. The maximum absolute atomic E-state index is 14.9. The topological polar surface area (TPSA) is 74.3 Å². The Morgan fingerprint density at radius 1 is 1.26 bits per heavy atom. The van der Waals surface area contributed by atoms with Crippen molar-refractivity contribution in [1.82, 2.24) is 20.5 Å². The first kappa shape index (κ1) is 23.3. The molecule has 168 valence electrons. The molecule has 0 radical (unpaired) electrons. The number of halogens is 1. The molecule has 1 aliphatic rings. The smallest absolute Gasteiger partial charge is 0.245 e. The van der Waals surface area contributed by atoms with Crippen molar-refractivity contribution in [3.05, 3.63) is 41.0 Å². The molecule has 1 aliphatic heterocycles. The SMILES string of the molecule is CNC(C(=O)N1CCCC1C(=O)NC(F)c1ccc(-c2scnc2C)cc1)C(C)(C)C. The summed E-state index contributed by atoms with van der Waals surface area (Å²) in [6.45, 7) is 8.38. The molecule has 3 atom stereocenters. The number of hydrogen-bond acceptors (Lipinski definition) is 5. The number of aromatic nitrogens is 1. The van der Waals surface area contributed by atoms with Gasteiger partial charge in [0.15, 0.2) is 6.30 Å². The fourth-order valence-electron chi connectivity index (χ4n) is 4.08. The predicted molar refractivity (Wildman–Crippen MR) is 121 cm³/mol. The Labute approximate surface area is 187 Å². The summed E-state index contributed by atoms with van der Waals surface area (Å²) in [5, 5.41) is 5.52. The molecule has 31 heavy (non-hydrogen) atoms. The lowest BCUT2D eigenvalue weighted by Gasteiger charge is -2.34. The van der Waals surface area contributed by atoms with E-state index in [4.69, 9.17) is 0 Å². The first-order valence-corrected chi connectivity index (χ1v) is 11.4. The van der Waals surface area contributed by atoms with Gasteiger partial charge in [-0.05, 0) is 37.8 Å². The largest absolute Gasteiger partial charge is 0.329 e. The summed E-state index contributed by atoms with van der Waals surface area (Å²) in [5.41, 5.74) is 3.76. The fourth-order valence-corrected chi connectivity index (χ4v) is 4.89. The van der Waals surface area contributed by atoms with Gasteiger partial charge in [0.2, 0.25) is 11.8 Å². The first-order chi connectivity index (χ1) is 14.6. The zero-order valence-electron chi connectivity index (χ0n) is 18.7. The number of nitrogens with zero attached hydrogens (tertiary/aromatic N) is 2. The number of carbonyl (C=O) groups excluding carboxylic acids is 2. The lowest BCUT2D eigenvalue weighted by molar-refractivity contribution is -0.142. The molecule has 1 aromatic heterocycles. The Morgan fingerprint density at radius 2 is 1.94 bits per heavy atom. The van der Waals surface area contributed by atoms with Crippen molar-refractivity contribution in [2.45, 2.75) is 58.9 Å². The van der Waals surface area contributed by atoms with Crippen LogP contribution in [0.5, 0.6) is 0 Å². The molecule has 1 fully saturated rings. The molecule has 2 aromatic rings. The molecule has 1 aromatic carbocycles. The van der Waals surface area contributed by atoms with Crippen LogP contribution in [-0.2, 0) is 9.59 Å². The van der Waals surface area contributed by atoms with Crippen LogP contribution < -0.4 is 10.6 Å². The van der Waals surface area contributed by atoms with Gasteiger partial charge in [-0.15, -0.1) is 11.3 Å². The molecule has 0 spiro atoms. The Balaban J connectivity index is 1.67. The standard InChI is InChI=1S/C23H31FN4O2S/c1-14-18(31-13-26-14)15-8-10-16(11-9-15)20(24)27-21(29)17-7-6-12-28(17)22(30)19(25-5)23(2,3)4/h8-11,13,17,19-20,25H,6-7,12H2,1-5H3,(H,27,29). The molecule has 8 heteroatoms. The number of rotatable bonds is 6. The summed E-state index contributed by atoms with van der Waals surface area (Å²) < 4.78 is 14.9. The van der Waals surface area contributed by atoms with E-state index in [0.717, 1.165) is 22.6 Å². The van der Waals surface area contributed by atoms with E-state index in [1.54, 1.807) is 29.6 Å². The molecule has 0 aliphatic carbocycles. The van der Waals surface area contributed by atoms with E-state index in [9.17, 15) is 14.0 Å². The van der Waals surface area contributed by atoms with Crippen LogP contribution in [0.15, 0.2) is 29.8 Å². The van der Waals surface area contributed by atoms with Crippen LogP contribution >= 0.6 is 11.3 Å². The van der Waals surface area contributed by atoms with E-state index in [1.165, 1.54) is 11.3 Å². The molecule has 1 saturated heterocycles. The quantitative estimate of drug-likeness (QED) is 0.662. The highest BCUT2D eigenvalue weighted by atomic mass is 32.1. The summed E-state index contributed by atoms with van der Waals surface area (Å²) >= 11 is 1.54. The number of aryl methyl sites for hydroxylation is 1. The van der Waals surface area contributed by atoms with Crippen LogP contribution in [0.2, 0.25) is 0 Å². The van der Waals surface area contributed by atoms with E-state index in [0.29, 0.717) is 18.5 Å². The van der Waals surface area contributed by atoms with Crippen LogP contribution in [0, 0.1) is 12.3 Å². The Hall–Kier alpha value is -2.32. The van der Waals surface area contributed by atoms with Crippen LogP contribution in [0.1, 0.15) is 51.2 Å². The summed E-state index contributed by atoms with van der Waals surface area (Å²) in [6, 6.07) is 5.95. The molecule has 0 bridgehead atoms. The molecule has 2 amide bonds. The molecular weight excluding hydrogens is 415 g/mol. The van der Waals surface area contributed by atoms with Crippen LogP contribution in [-0.4, -0.2) is 47.4 Å². The van der Waals surface area contributed by atoms with Crippen molar-refractivity contribution in [3.63, 3.8) is 0 Å². The molecular formula is C23H31FN4O2S. The third-order valence-corrected chi connectivity index (χ3v) is 6.70. The third kappa shape index (κ3) is 5.13. The normalized spacial score (nSPS) is 18.6. The molecule has 3 rings (SSSR count). The number of benzene rings is 1. The predicted octanol–water partition coefficient (Wildman–Crippen LogP) is 3.83. The first-order valence-electron chi connectivity index (χ1n) is 10.6. The van der Waals surface area contributed by atoms with Crippen LogP contribution in [0.3, 0.4) is 0 Å². The number of hydrogen-bond donors (Lipinski definition) is 2. The second-order valence-electron chi connectivity index (χ2n) is 9.04. The maximum Gasteiger partial charge on any atom is 0.245 e. The summed E-state index contributed by atoms with van der Waals surface area (Å²) in [6.07, 6.45) is -0.372. The van der Waals surface area contributed by atoms with Crippen molar-refractivity contribution in [2.75, 3.05) is 13.6 Å². The van der Waals surface area contributed by atoms with Crippen molar-refractivity contribution < 1.29 is 14.0 Å². The zero-order valence-corrected chi connectivity index (χ0v) is 19.6. The highest BCUT2D eigenvalue weighted by molar-refractivity contribution is 7.13. The number of nitrogens with one attached hydrogen (secondary N) is 2. The number of amides is 2. The third-order valence-electron chi connectivity index (χ3n) is 5.72. The Bertz CT molecular complexity index is 922. The van der Waals surface area contributed by atoms with E-state index in [1.807, 2.05) is 39.8 Å². The van der Waals surface area contributed by atoms with Crippen LogP contribution in [0.4, 0.5) is 4.39 Å². The molecule has 6 nitrogen and oxygen atoms in total. The monoisotopic (exact) mass is 446 g/mol. The van der Waals surface area contributed by atoms with E-state index < -0.39 is 24.3 Å². The Kier molecular flexibility index (Phi) is 7.11. The van der Waals surface area contributed by atoms with E-state index >= 15 is 0 Å². The second-order valence-corrected chi connectivity index (χ2v) is 9.89. The van der Waals surface area contributed by atoms with Gasteiger partial charge in [-0.3, -0.25) is 9.59 Å². The van der Waals surface area contributed by atoms with Gasteiger partial charge in [-0.1, -0.05) is 45.0 Å². The molecule has 3 unspecified atom stereocenters. The van der Waals surface area contributed by atoms with Gasteiger partial charge >= 0.3 is 0 Å². The number of likely N-dealkylation sites (N-methyl/N-ethyl adjacent to an activating group) is 1. The molecule has 2 N–H and O–H groups in total. The number of likely N-dealkylation sites (tertiary alicyclic amines) is 1. The van der Waals surface area contributed by atoms with Crippen molar-refractivity contribution in [1.29, 1.82) is 0 Å². The lowest BCUT2D eigenvalue weighted by Crippen LogP contribution is -2.55. The highest BCUT2D eigenvalue weighted by Gasteiger charge is 2.40. The average molecular weight is 447 g/mol. The van der Waals surface area contributed by atoms with Crippen LogP contribution in [0.25, 0.3) is 10.4 Å². The van der Waals surface area contributed by atoms with Gasteiger partial charge in [0.1, 0.15) is 6.04 Å². The van der Waals surface area contributed by atoms with Crippen molar-refractivity contribution >= 4 is 23.2 Å². The van der Waals surface area contributed by atoms with E-state index in [-0.39, 0.29) is 11.3 Å². The van der Waals surface area contributed by atoms with Gasteiger partial charge in [0, 0.05) is 12.1 Å². The highest BCUT2D eigenvalue weighted by Crippen LogP contribution is 2.29. The minimum absolute atomic E-state index is 0.118. The minimum Gasteiger partial charge on any atom is -0.329 e. The van der Waals surface area contributed by atoms with Gasteiger partial charge in [-0.25, -0.2) is 9.37 Å². The number of carbonyl (C=O) groups is 2. The summed E-state index contributed by atoms with van der Waals surface area (Å²) in [4.78, 5) is 32.8. The van der Waals surface area contributed by atoms with Gasteiger partial charge in [0.25, 0.3) is 0 Å². The summed E-state index contributed by atoms with van der Waals surface area (Å²) in [7, 11) is 1.74. The van der Waals surface area contributed by atoms with E-state index in [2.05, 4.69) is 15.6 Å². The minimum atomic E-state index is -1.63. The van der Waals surface area contributed by atoms with Gasteiger partial charge in [-0.2, -0.15) is 0 Å². The van der Waals surface area contributed by atoms with Gasteiger partial charge in [0.05, 0.1) is 22.1 Å². The van der Waals surface area contributed by atoms with Crippen molar-refractivity contribution in [2.24, 2.45) is 5.41 Å². The van der Waals surface area contributed by atoms with Crippen molar-refractivity contribution in [3.8, 4) is 10.4 Å². The molecule has 2 heterocycles. The average Bonchev–Trinajstić information content (AvgIpc) is 3.36. The maximum atomic E-state index is 14.9. The number of thiazole rings is 1. The molecule has 0 saturated carbocycles. The Morgan fingerprint density at radius 3 is 2.48 bits per heavy atom. The summed E-state index contributed by atoms with van der Waals surface area (Å²) in [5.74, 6) is -0.572.